The van der Waals surface area contributed by atoms with E-state index in [2.05, 4.69) is 10.3 Å². The highest BCUT2D eigenvalue weighted by atomic mass is 35.5. The minimum atomic E-state index is -0.933. The third-order valence-electron chi connectivity index (χ3n) is 5.09. The fraction of sp³-hybridized carbons (Fsp3) is 0.360. The molecular weight excluding hydrogens is 428 g/mol. The summed E-state index contributed by atoms with van der Waals surface area (Å²) in [6.07, 6.45) is 8.95. The highest BCUT2D eigenvalue weighted by Crippen LogP contribution is 2.34. The monoisotopic (exact) mass is 456 g/mol. The molecule has 32 heavy (non-hydrogen) atoms. The molecule has 170 valence electrons. The van der Waals surface area contributed by atoms with Gasteiger partial charge in [-0.05, 0) is 60.8 Å². The van der Waals surface area contributed by atoms with Crippen LogP contribution in [0.3, 0.4) is 0 Å². The average molecular weight is 457 g/mol. The zero-order chi connectivity index (χ0) is 23.5. The van der Waals surface area contributed by atoms with Crippen LogP contribution >= 0.6 is 11.6 Å². The first-order valence-corrected chi connectivity index (χ1v) is 11.0. The van der Waals surface area contributed by atoms with E-state index in [1.165, 1.54) is 6.08 Å². The Bertz CT molecular complexity index is 1010. The van der Waals surface area contributed by atoms with E-state index >= 15 is 0 Å². The van der Waals surface area contributed by atoms with Gasteiger partial charge in [0, 0.05) is 5.03 Å². The van der Waals surface area contributed by atoms with Gasteiger partial charge in [0.2, 0.25) is 0 Å². The number of benzene rings is 1. The zero-order valence-corrected chi connectivity index (χ0v) is 19.4. The lowest BCUT2D eigenvalue weighted by atomic mass is 9.91. The number of ether oxygens (including phenoxy) is 1. The van der Waals surface area contributed by atoms with Gasteiger partial charge in [0.1, 0.15) is 5.76 Å². The molecule has 1 aromatic rings. The number of aliphatic hydroxyl groups is 1. The second kappa shape index (κ2) is 9.76. The SMILES string of the molecule is CC(C)/C=C\C(=C/CC(=O)O)OC1=NC2C=C(c3ccc(C(C)(C)O)cc3)C(Cl)=CC2N1. The van der Waals surface area contributed by atoms with E-state index in [-0.39, 0.29) is 18.5 Å². The van der Waals surface area contributed by atoms with Crippen LogP contribution in [0.4, 0.5) is 0 Å². The maximum Gasteiger partial charge on any atom is 0.307 e. The number of aliphatic carboxylic acids is 1. The number of carboxylic acids is 1. The normalized spacial score (nSPS) is 21.1. The van der Waals surface area contributed by atoms with Crippen molar-refractivity contribution in [2.24, 2.45) is 10.9 Å². The Morgan fingerprint density at radius 2 is 1.97 bits per heavy atom. The number of hydrogen-bond donors (Lipinski definition) is 3. The van der Waals surface area contributed by atoms with E-state index in [0.717, 1.165) is 16.7 Å². The molecule has 7 heteroatoms. The number of aliphatic imine (C=N–C) groups is 1. The van der Waals surface area contributed by atoms with Crippen LogP contribution in [0.5, 0.6) is 0 Å². The van der Waals surface area contributed by atoms with Gasteiger partial charge in [0.25, 0.3) is 6.02 Å². The van der Waals surface area contributed by atoms with Gasteiger partial charge in [-0.25, -0.2) is 4.99 Å². The number of fused-ring (bicyclic) bond motifs is 1. The van der Waals surface area contributed by atoms with Crippen LogP contribution in [0.2, 0.25) is 0 Å². The van der Waals surface area contributed by atoms with Gasteiger partial charge in [-0.15, -0.1) is 0 Å². The second-order valence-corrected chi connectivity index (χ2v) is 9.14. The summed E-state index contributed by atoms with van der Waals surface area (Å²) >= 11 is 6.56. The van der Waals surface area contributed by atoms with E-state index in [1.807, 2.05) is 56.3 Å². The number of hydrogen-bond acceptors (Lipinski definition) is 5. The molecule has 1 aromatic carbocycles. The van der Waals surface area contributed by atoms with Crippen molar-refractivity contribution in [2.75, 3.05) is 0 Å². The maximum atomic E-state index is 11.0. The van der Waals surface area contributed by atoms with Crippen LogP contribution in [-0.2, 0) is 15.1 Å². The predicted molar refractivity (Wildman–Crippen MR) is 127 cm³/mol. The van der Waals surface area contributed by atoms with Gasteiger partial charge in [-0.1, -0.05) is 55.8 Å². The largest absolute Gasteiger partial charge is 0.481 e. The van der Waals surface area contributed by atoms with E-state index in [9.17, 15) is 9.90 Å². The van der Waals surface area contributed by atoms with Gasteiger partial charge >= 0.3 is 5.97 Å². The van der Waals surface area contributed by atoms with Crippen LogP contribution in [0.1, 0.15) is 45.2 Å². The number of halogens is 1. The number of allylic oxidation sites excluding steroid dienone is 4. The Kier molecular flexibility index (Phi) is 7.26. The summed E-state index contributed by atoms with van der Waals surface area (Å²) in [5.41, 5.74) is 1.71. The first kappa shape index (κ1) is 23.8. The van der Waals surface area contributed by atoms with Crippen molar-refractivity contribution in [3.05, 3.63) is 76.6 Å². The third-order valence-corrected chi connectivity index (χ3v) is 5.41. The van der Waals surface area contributed by atoms with Crippen molar-refractivity contribution in [1.82, 2.24) is 5.32 Å². The smallest absolute Gasteiger partial charge is 0.307 e. The summed E-state index contributed by atoms with van der Waals surface area (Å²) in [5.74, 6) is -0.215. The number of nitrogens with one attached hydrogen (secondary N) is 1. The van der Waals surface area contributed by atoms with E-state index < -0.39 is 11.6 Å². The van der Waals surface area contributed by atoms with Gasteiger partial charge in [0.15, 0.2) is 0 Å². The summed E-state index contributed by atoms with van der Waals surface area (Å²) in [6, 6.07) is 7.61. The molecule has 0 amide bonds. The molecule has 3 N–H and O–H groups in total. The van der Waals surface area contributed by atoms with Gasteiger partial charge in [-0.2, -0.15) is 0 Å². The molecule has 0 radical (unpaired) electrons. The summed E-state index contributed by atoms with van der Waals surface area (Å²) in [7, 11) is 0. The summed E-state index contributed by atoms with van der Waals surface area (Å²) in [5, 5.41) is 23.0. The Balaban J connectivity index is 1.80. The molecule has 1 aliphatic heterocycles. The quantitative estimate of drug-likeness (QED) is 0.408. The Morgan fingerprint density at radius 3 is 2.56 bits per heavy atom. The number of rotatable bonds is 7. The predicted octanol–water partition coefficient (Wildman–Crippen LogP) is 4.72. The first-order valence-electron chi connectivity index (χ1n) is 10.6. The Labute approximate surface area is 193 Å². The van der Waals surface area contributed by atoms with Crippen molar-refractivity contribution in [1.29, 1.82) is 0 Å². The summed E-state index contributed by atoms with van der Waals surface area (Å²) in [4.78, 5) is 15.6. The van der Waals surface area contributed by atoms with E-state index in [1.54, 1.807) is 19.9 Å². The van der Waals surface area contributed by atoms with Crippen molar-refractivity contribution < 1.29 is 19.7 Å². The van der Waals surface area contributed by atoms with Gasteiger partial charge in [0.05, 0.1) is 24.1 Å². The van der Waals surface area contributed by atoms with E-state index in [0.29, 0.717) is 22.7 Å². The van der Waals surface area contributed by atoms with Gasteiger partial charge in [-0.3, -0.25) is 4.79 Å². The molecular formula is C25H29ClN2O4. The molecule has 0 saturated carbocycles. The minimum absolute atomic E-state index is 0.145. The maximum absolute atomic E-state index is 11.0. The average Bonchev–Trinajstić information content (AvgIpc) is 3.09. The number of carboxylic acid groups (broad SMARTS) is 1. The molecule has 0 saturated heterocycles. The summed E-state index contributed by atoms with van der Waals surface area (Å²) < 4.78 is 5.85. The van der Waals surface area contributed by atoms with Crippen LogP contribution in [0, 0.1) is 5.92 Å². The van der Waals surface area contributed by atoms with Crippen LogP contribution in [0.15, 0.2) is 70.4 Å². The highest BCUT2D eigenvalue weighted by molar-refractivity contribution is 6.37. The molecule has 2 aliphatic rings. The first-order chi connectivity index (χ1) is 15.0. The fourth-order valence-electron chi connectivity index (χ4n) is 3.34. The van der Waals surface area contributed by atoms with Crippen molar-refractivity contribution in [3.8, 4) is 0 Å². The molecule has 2 unspecified atom stereocenters. The van der Waals surface area contributed by atoms with Crippen LogP contribution in [-0.4, -0.2) is 34.3 Å². The molecule has 0 aromatic heterocycles. The van der Waals surface area contributed by atoms with Crippen molar-refractivity contribution in [2.45, 2.75) is 51.8 Å². The van der Waals surface area contributed by atoms with Crippen molar-refractivity contribution >= 4 is 29.2 Å². The summed E-state index contributed by atoms with van der Waals surface area (Å²) in [6.45, 7) is 7.54. The fourth-order valence-corrected chi connectivity index (χ4v) is 3.65. The number of carbonyl (C=O) groups is 1. The second-order valence-electron chi connectivity index (χ2n) is 8.74. The minimum Gasteiger partial charge on any atom is -0.481 e. The molecule has 1 heterocycles. The lowest BCUT2D eigenvalue weighted by Gasteiger charge is -2.21. The lowest BCUT2D eigenvalue weighted by molar-refractivity contribution is -0.136. The molecule has 0 bridgehead atoms. The lowest BCUT2D eigenvalue weighted by Crippen LogP contribution is -2.34. The van der Waals surface area contributed by atoms with Crippen LogP contribution < -0.4 is 5.32 Å². The molecule has 0 spiro atoms. The topological polar surface area (TPSA) is 91.2 Å². The molecule has 1 aliphatic carbocycles. The third kappa shape index (κ3) is 6.11. The number of amidine groups is 1. The van der Waals surface area contributed by atoms with Crippen LogP contribution in [0.25, 0.3) is 5.57 Å². The highest BCUT2D eigenvalue weighted by Gasteiger charge is 2.31. The van der Waals surface area contributed by atoms with Gasteiger partial charge < -0.3 is 20.3 Å². The molecule has 0 fully saturated rings. The Hall–Kier alpha value is -2.83. The van der Waals surface area contributed by atoms with E-state index in [4.69, 9.17) is 21.4 Å². The standard InChI is InChI=1S/C25H29ClN2O4/c1-15(2)5-10-18(11-12-23(29)30)32-24-27-21-13-19(20(26)14-22(21)28-24)16-6-8-17(9-7-16)25(3,4)31/h5-11,13-15,21-22,31H,12H2,1-4H3,(H,27,28)(H,29,30)/b10-5-,18-11+. The molecule has 3 rings (SSSR count). The zero-order valence-electron chi connectivity index (χ0n) is 18.7. The molecule has 6 nitrogen and oxygen atoms in total. The van der Waals surface area contributed by atoms with Crippen molar-refractivity contribution in [3.63, 3.8) is 0 Å². The molecule has 2 atom stereocenters. The Morgan fingerprint density at radius 1 is 1.28 bits per heavy atom. The number of nitrogens with zero attached hydrogens (tertiary/aromatic N) is 1.